The lowest BCUT2D eigenvalue weighted by molar-refractivity contribution is 0.560. The molecule has 3 rings (SSSR count). The molecule has 1 unspecified atom stereocenters. The molecule has 0 bridgehead atoms. The summed E-state index contributed by atoms with van der Waals surface area (Å²) in [5.41, 5.74) is 0. The number of fused-ring (bicyclic) bond motifs is 1. The van der Waals surface area contributed by atoms with Crippen LogP contribution in [-0.2, 0) is 10.0 Å². The number of aromatic amines is 1. The van der Waals surface area contributed by atoms with Gasteiger partial charge in [0.25, 0.3) is 0 Å². The van der Waals surface area contributed by atoms with E-state index in [-0.39, 0.29) is 4.90 Å². The van der Waals surface area contributed by atoms with Gasteiger partial charge in [-0.1, -0.05) is 35.5 Å². The van der Waals surface area contributed by atoms with Gasteiger partial charge in [-0.2, -0.15) is 5.21 Å². The van der Waals surface area contributed by atoms with Crippen LogP contribution in [0.15, 0.2) is 47.4 Å². The van der Waals surface area contributed by atoms with Gasteiger partial charge in [-0.15, -0.1) is 10.2 Å². The summed E-state index contributed by atoms with van der Waals surface area (Å²) in [6.45, 7) is 1.66. The first-order valence-electron chi connectivity index (χ1n) is 6.31. The summed E-state index contributed by atoms with van der Waals surface area (Å²) in [5, 5.41) is 15.1. The van der Waals surface area contributed by atoms with Gasteiger partial charge in [0.2, 0.25) is 10.0 Å². The van der Waals surface area contributed by atoms with Crippen LogP contribution in [-0.4, -0.2) is 29.0 Å². The van der Waals surface area contributed by atoms with E-state index in [0.29, 0.717) is 5.82 Å². The average molecular weight is 303 g/mol. The summed E-state index contributed by atoms with van der Waals surface area (Å²) in [4.78, 5) is 0.205. The van der Waals surface area contributed by atoms with Gasteiger partial charge in [0.1, 0.15) is 0 Å². The number of sulfonamides is 1. The first-order valence-corrected chi connectivity index (χ1v) is 7.79. The van der Waals surface area contributed by atoms with Crippen molar-refractivity contribution in [2.45, 2.75) is 17.9 Å². The lowest BCUT2D eigenvalue weighted by Crippen LogP contribution is -2.27. The van der Waals surface area contributed by atoms with E-state index < -0.39 is 16.1 Å². The number of benzene rings is 2. The highest BCUT2D eigenvalue weighted by Gasteiger charge is 2.20. The summed E-state index contributed by atoms with van der Waals surface area (Å²) in [5.74, 6) is 0.291. The Morgan fingerprint density at radius 2 is 1.90 bits per heavy atom. The van der Waals surface area contributed by atoms with E-state index in [1.807, 2.05) is 24.3 Å². The van der Waals surface area contributed by atoms with E-state index in [0.717, 1.165) is 10.8 Å². The van der Waals surface area contributed by atoms with E-state index in [1.165, 1.54) is 0 Å². The molecule has 21 heavy (non-hydrogen) atoms. The van der Waals surface area contributed by atoms with Crippen molar-refractivity contribution in [3.05, 3.63) is 48.3 Å². The van der Waals surface area contributed by atoms with Gasteiger partial charge < -0.3 is 0 Å². The second-order valence-electron chi connectivity index (χ2n) is 4.62. The van der Waals surface area contributed by atoms with Crippen molar-refractivity contribution in [3.63, 3.8) is 0 Å². The van der Waals surface area contributed by atoms with Crippen LogP contribution in [0.3, 0.4) is 0 Å². The van der Waals surface area contributed by atoms with Gasteiger partial charge in [-0.25, -0.2) is 13.1 Å². The van der Waals surface area contributed by atoms with Gasteiger partial charge in [0.05, 0.1) is 10.9 Å². The molecule has 0 spiro atoms. The maximum absolute atomic E-state index is 12.4. The minimum absolute atomic E-state index is 0.205. The van der Waals surface area contributed by atoms with Crippen LogP contribution in [0.1, 0.15) is 18.8 Å². The Morgan fingerprint density at radius 1 is 1.14 bits per heavy atom. The third kappa shape index (κ3) is 2.76. The lowest BCUT2D eigenvalue weighted by Gasteiger charge is -2.11. The topological polar surface area (TPSA) is 101 Å². The second-order valence-corrected chi connectivity index (χ2v) is 6.34. The van der Waals surface area contributed by atoms with Crippen molar-refractivity contribution in [2.75, 3.05) is 0 Å². The normalized spacial score (nSPS) is 13.4. The number of tetrazole rings is 1. The van der Waals surface area contributed by atoms with Gasteiger partial charge in [0.15, 0.2) is 5.82 Å². The highest BCUT2D eigenvalue weighted by Crippen LogP contribution is 2.20. The fourth-order valence-electron chi connectivity index (χ4n) is 2.04. The molecule has 0 fully saturated rings. The standard InChI is InChI=1S/C13H13N5O2S/c1-9(13-14-17-18-15-13)16-21(19,20)12-7-6-10-4-2-3-5-11(10)8-12/h2-9,16H,1H3,(H,14,15,17,18). The Kier molecular flexibility index (Phi) is 3.40. The Labute approximate surface area is 121 Å². The number of aromatic nitrogens is 4. The fourth-order valence-corrected chi connectivity index (χ4v) is 3.28. The molecule has 0 aliphatic carbocycles. The first kappa shape index (κ1) is 13.7. The third-order valence-corrected chi connectivity index (χ3v) is 4.65. The smallest absolute Gasteiger partial charge is 0.207 e. The Bertz CT molecular complexity index is 861. The molecular weight excluding hydrogens is 290 g/mol. The highest BCUT2D eigenvalue weighted by molar-refractivity contribution is 7.89. The summed E-state index contributed by atoms with van der Waals surface area (Å²) >= 11 is 0. The van der Waals surface area contributed by atoms with Crippen LogP contribution < -0.4 is 4.72 Å². The maximum Gasteiger partial charge on any atom is 0.241 e. The van der Waals surface area contributed by atoms with Gasteiger partial charge >= 0.3 is 0 Å². The molecule has 3 aromatic rings. The van der Waals surface area contributed by atoms with Crippen molar-refractivity contribution in [3.8, 4) is 0 Å². The number of hydrogen-bond donors (Lipinski definition) is 2. The van der Waals surface area contributed by atoms with Crippen LogP contribution in [0.5, 0.6) is 0 Å². The molecule has 0 aliphatic heterocycles. The zero-order chi connectivity index (χ0) is 14.9. The zero-order valence-corrected chi connectivity index (χ0v) is 12.0. The fraction of sp³-hybridized carbons (Fsp3) is 0.154. The van der Waals surface area contributed by atoms with Crippen LogP contribution in [0, 0.1) is 0 Å². The largest absolute Gasteiger partial charge is 0.241 e. The van der Waals surface area contributed by atoms with Crippen LogP contribution in [0.25, 0.3) is 10.8 Å². The van der Waals surface area contributed by atoms with Gasteiger partial charge in [0, 0.05) is 0 Å². The van der Waals surface area contributed by atoms with Crippen LogP contribution in [0.4, 0.5) is 0 Å². The molecule has 108 valence electrons. The van der Waals surface area contributed by atoms with E-state index in [1.54, 1.807) is 25.1 Å². The molecule has 1 aromatic heterocycles. The van der Waals surface area contributed by atoms with E-state index >= 15 is 0 Å². The van der Waals surface area contributed by atoms with Gasteiger partial charge in [-0.05, 0) is 29.8 Å². The van der Waals surface area contributed by atoms with E-state index in [2.05, 4.69) is 25.3 Å². The quantitative estimate of drug-likeness (QED) is 0.758. The molecule has 1 heterocycles. The minimum Gasteiger partial charge on any atom is -0.207 e. The lowest BCUT2D eigenvalue weighted by atomic mass is 10.1. The molecule has 2 aromatic carbocycles. The molecule has 0 radical (unpaired) electrons. The van der Waals surface area contributed by atoms with Gasteiger partial charge in [-0.3, -0.25) is 0 Å². The molecule has 0 aliphatic rings. The van der Waals surface area contributed by atoms with Crippen LogP contribution >= 0.6 is 0 Å². The number of hydrogen-bond acceptors (Lipinski definition) is 5. The summed E-state index contributed by atoms with van der Waals surface area (Å²) < 4.78 is 27.3. The summed E-state index contributed by atoms with van der Waals surface area (Å²) in [7, 11) is -3.65. The number of nitrogens with zero attached hydrogens (tertiary/aromatic N) is 3. The van der Waals surface area contributed by atoms with Crippen molar-refractivity contribution in [1.29, 1.82) is 0 Å². The molecule has 2 N–H and O–H groups in total. The number of H-pyrrole nitrogens is 1. The highest BCUT2D eigenvalue weighted by atomic mass is 32.2. The molecule has 1 atom stereocenters. The summed E-state index contributed by atoms with van der Waals surface area (Å²) in [6.07, 6.45) is 0. The van der Waals surface area contributed by atoms with Crippen LogP contribution in [0.2, 0.25) is 0 Å². The molecule has 0 amide bonds. The van der Waals surface area contributed by atoms with E-state index in [4.69, 9.17) is 0 Å². The first-order chi connectivity index (χ1) is 10.1. The molecule has 7 nitrogen and oxygen atoms in total. The van der Waals surface area contributed by atoms with Crippen molar-refractivity contribution >= 4 is 20.8 Å². The predicted molar refractivity (Wildman–Crippen MR) is 76.9 cm³/mol. The van der Waals surface area contributed by atoms with Crippen molar-refractivity contribution in [1.82, 2.24) is 25.3 Å². The molecule has 0 saturated heterocycles. The maximum atomic E-state index is 12.4. The average Bonchev–Trinajstić information content (AvgIpc) is 3.00. The van der Waals surface area contributed by atoms with E-state index in [9.17, 15) is 8.42 Å². The Morgan fingerprint density at radius 3 is 2.62 bits per heavy atom. The third-order valence-electron chi connectivity index (χ3n) is 3.11. The SMILES string of the molecule is CC(NS(=O)(=O)c1ccc2ccccc2c1)c1nn[nH]n1. The monoisotopic (exact) mass is 303 g/mol. The second kappa shape index (κ2) is 5.23. The summed E-state index contributed by atoms with van der Waals surface area (Å²) in [6, 6.07) is 12.0. The van der Waals surface area contributed by atoms with Crippen molar-refractivity contribution in [2.24, 2.45) is 0 Å². The van der Waals surface area contributed by atoms with Crippen molar-refractivity contribution < 1.29 is 8.42 Å². The number of rotatable bonds is 4. The molecule has 0 saturated carbocycles. The Balaban J connectivity index is 1.92. The predicted octanol–water partition coefficient (Wildman–Crippen LogP) is 1.39. The molecular formula is C13H13N5O2S. The minimum atomic E-state index is -3.65. The Hall–Kier alpha value is -2.32. The number of nitrogens with one attached hydrogen (secondary N) is 2. The zero-order valence-electron chi connectivity index (χ0n) is 11.2. The molecule has 8 heteroatoms.